The van der Waals surface area contributed by atoms with Gasteiger partial charge in [-0.15, -0.1) is 11.3 Å². The standard InChI is InChI=1S/C11H16N2O2S/c1-7(14)8-6-16-10(12-8)13-9(15)5-11(2,3)4/h6H,5H2,1-4H3,(H,12,13,15). The van der Waals surface area contributed by atoms with E-state index >= 15 is 0 Å². The lowest BCUT2D eigenvalue weighted by Gasteiger charge is -2.16. The van der Waals surface area contributed by atoms with Gasteiger partial charge >= 0.3 is 0 Å². The third kappa shape index (κ3) is 4.10. The van der Waals surface area contributed by atoms with E-state index in [1.54, 1.807) is 5.38 Å². The van der Waals surface area contributed by atoms with Crippen LogP contribution in [-0.4, -0.2) is 16.7 Å². The van der Waals surface area contributed by atoms with Gasteiger partial charge in [0.1, 0.15) is 5.69 Å². The summed E-state index contributed by atoms with van der Waals surface area (Å²) in [6.45, 7) is 7.44. The number of hydrogen-bond donors (Lipinski definition) is 1. The summed E-state index contributed by atoms with van der Waals surface area (Å²) in [7, 11) is 0. The molecule has 0 aliphatic heterocycles. The van der Waals surface area contributed by atoms with Crippen molar-refractivity contribution in [2.24, 2.45) is 5.41 Å². The Hall–Kier alpha value is -1.23. The summed E-state index contributed by atoms with van der Waals surface area (Å²) in [5, 5.41) is 4.82. The van der Waals surface area contributed by atoms with Crippen molar-refractivity contribution in [3.8, 4) is 0 Å². The topological polar surface area (TPSA) is 59.1 Å². The molecule has 1 aromatic heterocycles. The molecule has 1 rings (SSSR count). The zero-order valence-electron chi connectivity index (χ0n) is 9.96. The van der Waals surface area contributed by atoms with Gasteiger partial charge in [-0.2, -0.15) is 0 Å². The molecule has 0 radical (unpaired) electrons. The molecule has 0 bridgehead atoms. The Kier molecular flexibility index (Phi) is 3.80. The molecule has 1 N–H and O–H groups in total. The lowest BCUT2D eigenvalue weighted by Crippen LogP contribution is -2.19. The SMILES string of the molecule is CC(=O)c1csc(NC(=O)CC(C)(C)C)n1. The number of nitrogens with one attached hydrogen (secondary N) is 1. The number of ketones is 1. The maximum atomic E-state index is 11.6. The smallest absolute Gasteiger partial charge is 0.226 e. The van der Waals surface area contributed by atoms with Crippen LogP contribution >= 0.6 is 11.3 Å². The predicted molar refractivity (Wildman–Crippen MR) is 64.8 cm³/mol. The zero-order chi connectivity index (χ0) is 12.3. The van der Waals surface area contributed by atoms with Crippen LogP contribution in [0.5, 0.6) is 0 Å². The van der Waals surface area contributed by atoms with Gasteiger partial charge < -0.3 is 5.32 Å². The Morgan fingerprint density at radius 2 is 2.06 bits per heavy atom. The van der Waals surface area contributed by atoms with Gasteiger partial charge in [0, 0.05) is 18.7 Å². The minimum absolute atomic E-state index is 0.0508. The van der Waals surface area contributed by atoms with Crippen LogP contribution in [0.3, 0.4) is 0 Å². The second kappa shape index (κ2) is 4.74. The van der Waals surface area contributed by atoms with E-state index in [-0.39, 0.29) is 17.1 Å². The monoisotopic (exact) mass is 240 g/mol. The first-order chi connectivity index (χ1) is 7.28. The normalized spacial score (nSPS) is 11.2. The summed E-state index contributed by atoms with van der Waals surface area (Å²) < 4.78 is 0. The van der Waals surface area contributed by atoms with Gasteiger partial charge in [-0.05, 0) is 5.41 Å². The average molecular weight is 240 g/mol. The minimum atomic E-state index is -0.0902. The van der Waals surface area contributed by atoms with E-state index in [1.807, 2.05) is 20.8 Å². The molecule has 88 valence electrons. The van der Waals surface area contributed by atoms with Gasteiger partial charge in [-0.3, -0.25) is 9.59 Å². The largest absolute Gasteiger partial charge is 0.302 e. The van der Waals surface area contributed by atoms with Crippen molar-refractivity contribution in [1.82, 2.24) is 4.98 Å². The molecule has 0 aliphatic rings. The molecule has 5 heteroatoms. The Labute approximate surface area is 99.1 Å². The second-order valence-corrected chi connectivity index (χ2v) is 5.74. The van der Waals surface area contributed by atoms with E-state index < -0.39 is 0 Å². The molecule has 1 aromatic rings. The molecule has 1 heterocycles. The van der Waals surface area contributed by atoms with Gasteiger partial charge in [0.05, 0.1) is 0 Å². The highest BCUT2D eigenvalue weighted by Gasteiger charge is 2.17. The number of amides is 1. The summed E-state index contributed by atoms with van der Waals surface area (Å²) in [5.41, 5.74) is 0.348. The Balaban J connectivity index is 2.60. The van der Waals surface area contributed by atoms with Crippen LogP contribution in [0.15, 0.2) is 5.38 Å². The number of carbonyl (C=O) groups is 2. The highest BCUT2D eigenvalue weighted by molar-refractivity contribution is 7.14. The second-order valence-electron chi connectivity index (χ2n) is 4.88. The van der Waals surface area contributed by atoms with Crippen LogP contribution in [0.1, 0.15) is 44.6 Å². The van der Waals surface area contributed by atoms with Crippen LogP contribution in [0.2, 0.25) is 0 Å². The highest BCUT2D eigenvalue weighted by atomic mass is 32.1. The van der Waals surface area contributed by atoms with Crippen molar-refractivity contribution in [2.45, 2.75) is 34.1 Å². The van der Waals surface area contributed by atoms with E-state index in [0.29, 0.717) is 17.2 Å². The summed E-state index contributed by atoms with van der Waals surface area (Å²) in [6.07, 6.45) is 0.433. The quantitative estimate of drug-likeness (QED) is 0.826. The van der Waals surface area contributed by atoms with Gasteiger partial charge in [0.2, 0.25) is 5.91 Å². The number of anilines is 1. The Morgan fingerprint density at radius 1 is 1.44 bits per heavy atom. The number of thiazole rings is 1. The van der Waals surface area contributed by atoms with Crippen molar-refractivity contribution in [3.05, 3.63) is 11.1 Å². The van der Waals surface area contributed by atoms with E-state index in [0.717, 1.165) is 0 Å². The summed E-state index contributed by atoms with van der Waals surface area (Å²) in [5.74, 6) is -0.162. The van der Waals surface area contributed by atoms with E-state index in [4.69, 9.17) is 0 Å². The predicted octanol–water partition coefficient (Wildman–Crippen LogP) is 2.72. The van der Waals surface area contributed by atoms with Crippen LogP contribution in [0.25, 0.3) is 0 Å². The third-order valence-electron chi connectivity index (χ3n) is 1.80. The van der Waals surface area contributed by atoms with Crippen LogP contribution in [0, 0.1) is 5.41 Å². The minimum Gasteiger partial charge on any atom is -0.302 e. The first kappa shape index (κ1) is 12.8. The highest BCUT2D eigenvalue weighted by Crippen LogP contribution is 2.21. The van der Waals surface area contributed by atoms with Crippen molar-refractivity contribution >= 4 is 28.2 Å². The summed E-state index contributed by atoms with van der Waals surface area (Å²) >= 11 is 1.27. The first-order valence-corrected chi connectivity index (χ1v) is 5.92. The Morgan fingerprint density at radius 3 is 2.50 bits per heavy atom. The third-order valence-corrected chi connectivity index (χ3v) is 2.56. The molecule has 4 nitrogen and oxygen atoms in total. The van der Waals surface area contributed by atoms with Crippen molar-refractivity contribution in [1.29, 1.82) is 0 Å². The summed E-state index contributed by atoms with van der Waals surface area (Å²) in [4.78, 5) is 26.6. The van der Waals surface area contributed by atoms with Crippen molar-refractivity contribution in [3.63, 3.8) is 0 Å². The average Bonchev–Trinajstić information content (AvgIpc) is 2.48. The Bertz CT molecular complexity index is 404. The first-order valence-electron chi connectivity index (χ1n) is 5.04. The molecular weight excluding hydrogens is 224 g/mol. The fourth-order valence-electron chi connectivity index (χ4n) is 1.14. The molecule has 0 atom stereocenters. The van der Waals surface area contributed by atoms with Gasteiger partial charge in [-0.25, -0.2) is 4.98 Å². The number of Topliss-reactive ketones (excluding diaryl/α,β-unsaturated/α-hetero) is 1. The zero-order valence-corrected chi connectivity index (χ0v) is 10.8. The lowest BCUT2D eigenvalue weighted by atomic mass is 9.92. The number of rotatable bonds is 3. The van der Waals surface area contributed by atoms with Crippen LogP contribution in [-0.2, 0) is 4.79 Å². The number of nitrogens with zero attached hydrogens (tertiary/aromatic N) is 1. The van der Waals surface area contributed by atoms with E-state index in [1.165, 1.54) is 18.3 Å². The molecule has 0 saturated heterocycles. The maximum absolute atomic E-state index is 11.6. The van der Waals surface area contributed by atoms with Crippen molar-refractivity contribution < 1.29 is 9.59 Å². The molecule has 0 fully saturated rings. The van der Waals surface area contributed by atoms with E-state index in [2.05, 4.69) is 10.3 Å². The number of aromatic nitrogens is 1. The molecule has 0 spiro atoms. The van der Waals surface area contributed by atoms with Crippen LogP contribution in [0.4, 0.5) is 5.13 Å². The molecule has 0 unspecified atom stereocenters. The molecule has 0 saturated carbocycles. The molecular formula is C11H16N2O2S. The molecule has 0 aliphatic carbocycles. The fraction of sp³-hybridized carbons (Fsp3) is 0.545. The number of carbonyl (C=O) groups excluding carboxylic acids is 2. The lowest BCUT2D eigenvalue weighted by molar-refractivity contribution is -0.117. The van der Waals surface area contributed by atoms with Gasteiger partial charge in [0.25, 0.3) is 0 Å². The van der Waals surface area contributed by atoms with Crippen molar-refractivity contribution in [2.75, 3.05) is 5.32 Å². The van der Waals surface area contributed by atoms with Gasteiger partial charge in [0.15, 0.2) is 10.9 Å². The molecule has 1 amide bonds. The fourth-order valence-corrected chi connectivity index (χ4v) is 1.90. The molecule has 16 heavy (non-hydrogen) atoms. The number of hydrogen-bond acceptors (Lipinski definition) is 4. The summed E-state index contributed by atoms with van der Waals surface area (Å²) in [6, 6.07) is 0. The van der Waals surface area contributed by atoms with E-state index in [9.17, 15) is 9.59 Å². The maximum Gasteiger partial charge on any atom is 0.226 e. The van der Waals surface area contributed by atoms with Crippen LogP contribution < -0.4 is 5.32 Å². The molecule has 0 aromatic carbocycles. The van der Waals surface area contributed by atoms with Gasteiger partial charge in [-0.1, -0.05) is 20.8 Å².